The average Bonchev–Trinajstić information content (AvgIpc) is 2.66. The molecule has 0 radical (unpaired) electrons. The van der Waals surface area contributed by atoms with E-state index < -0.39 is 0 Å². The Labute approximate surface area is 106 Å². The first-order valence-electron chi connectivity index (χ1n) is 6.10. The summed E-state index contributed by atoms with van der Waals surface area (Å²) in [7, 11) is 2.07. The maximum absolute atomic E-state index is 5.73. The fourth-order valence-electron chi connectivity index (χ4n) is 3.34. The van der Waals surface area contributed by atoms with Crippen molar-refractivity contribution in [2.24, 2.45) is 5.41 Å². The predicted octanol–water partition coefficient (Wildman–Crippen LogP) is 3.92. The van der Waals surface area contributed by atoms with Gasteiger partial charge in [0.2, 0.25) is 0 Å². The van der Waals surface area contributed by atoms with Crippen LogP contribution in [0.15, 0.2) is 21.2 Å². The first kappa shape index (κ1) is 12.2. The molecule has 0 bridgehead atoms. The molecule has 90 valence electrons. The molecule has 2 nitrogen and oxygen atoms in total. The lowest BCUT2D eigenvalue weighted by Crippen LogP contribution is -2.57. The Morgan fingerprint density at radius 3 is 2.56 bits per heavy atom. The van der Waals surface area contributed by atoms with Crippen LogP contribution in [0.4, 0.5) is 0 Å². The van der Waals surface area contributed by atoms with E-state index in [0.717, 1.165) is 10.4 Å². The van der Waals surface area contributed by atoms with Crippen LogP contribution >= 0.6 is 15.9 Å². The molecule has 1 aromatic rings. The number of furan rings is 1. The van der Waals surface area contributed by atoms with Gasteiger partial charge in [-0.05, 0) is 59.8 Å². The molecular weight excluding hydrogens is 266 g/mol. The summed E-state index contributed by atoms with van der Waals surface area (Å²) in [6.07, 6.45) is 3.61. The van der Waals surface area contributed by atoms with Crippen molar-refractivity contribution in [2.45, 2.75) is 45.1 Å². The van der Waals surface area contributed by atoms with Crippen LogP contribution in [0.5, 0.6) is 0 Å². The molecule has 2 rings (SSSR count). The Bertz CT molecular complexity index is 357. The number of nitrogens with one attached hydrogen (secondary N) is 1. The summed E-state index contributed by atoms with van der Waals surface area (Å²) in [6.45, 7) is 4.58. The molecular formula is C13H20BrNO. The van der Waals surface area contributed by atoms with E-state index in [1.165, 1.54) is 19.3 Å². The van der Waals surface area contributed by atoms with E-state index in [1.807, 2.05) is 6.07 Å². The third-order valence-corrected chi connectivity index (χ3v) is 4.89. The number of rotatable bonds is 4. The molecule has 0 spiro atoms. The molecule has 0 aromatic carbocycles. The second-order valence-corrected chi connectivity index (χ2v) is 5.49. The summed E-state index contributed by atoms with van der Waals surface area (Å²) in [5.41, 5.74) is 0.381. The van der Waals surface area contributed by atoms with Gasteiger partial charge < -0.3 is 9.73 Å². The SMILES string of the molecule is CCC1(CC)C(NC)CC1c1ccc(Br)o1. The van der Waals surface area contributed by atoms with Crippen molar-refractivity contribution in [3.05, 3.63) is 22.6 Å². The molecule has 0 amide bonds. The van der Waals surface area contributed by atoms with Crippen LogP contribution in [0.2, 0.25) is 0 Å². The van der Waals surface area contributed by atoms with Gasteiger partial charge in [0, 0.05) is 12.0 Å². The second kappa shape index (κ2) is 4.53. The monoisotopic (exact) mass is 285 g/mol. The van der Waals surface area contributed by atoms with Gasteiger partial charge in [-0.2, -0.15) is 0 Å². The molecule has 2 unspecified atom stereocenters. The highest BCUT2D eigenvalue weighted by Gasteiger charge is 2.53. The normalized spacial score (nSPS) is 27.8. The third-order valence-electron chi connectivity index (χ3n) is 4.46. The molecule has 1 aliphatic rings. The first-order valence-corrected chi connectivity index (χ1v) is 6.89. The van der Waals surface area contributed by atoms with Crippen LogP contribution in [0, 0.1) is 5.41 Å². The molecule has 1 aliphatic carbocycles. The highest BCUT2D eigenvalue weighted by molar-refractivity contribution is 9.10. The molecule has 1 aromatic heterocycles. The summed E-state index contributed by atoms with van der Waals surface area (Å²) < 4.78 is 6.57. The van der Waals surface area contributed by atoms with Gasteiger partial charge in [0.15, 0.2) is 4.67 Å². The third kappa shape index (κ3) is 1.65. The van der Waals surface area contributed by atoms with Crippen molar-refractivity contribution in [3.8, 4) is 0 Å². The van der Waals surface area contributed by atoms with E-state index in [1.54, 1.807) is 0 Å². The van der Waals surface area contributed by atoms with E-state index in [2.05, 4.69) is 48.2 Å². The average molecular weight is 286 g/mol. The Balaban J connectivity index is 2.24. The fraction of sp³-hybridized carbons (Fsp3) is 0.692. The summed E-state index contributed by atoms with van der Waals surface area (Å²) in [4.78, 5) is 0. The Morgan fingerprint density at radius 2 is 2.12 bits per heavy atom. The van der Waals surface area contributed by atoms with Crippen molar-refractivity contribution in [1.82, 2.24) is 5.32 Å². The van der Waals surface area contributed by atoms with Gasteiger partial charge in [0.05, 0.1) is 0 Å². The zero-order chi connectivity index (χ0) is 11.8. The molecule has 1 saturated carbocycles. The highest BCUT2D eigenvalue weighted by Crippen LogP contribution is 2.57. The van der Waals surface area contributed by atoms with Gasteiger partial charge in [-0.1, -0.05) is 13.8 Å². The minimum Gasteiger partial charge on any atom is -0.454 e. The topological polar surface area (TPSA) is 25.2 Å². The lowest BCUT2D eigenvalue weighted by Gasteiger charge is -2.55. The zero-order valence-corrected chi connectivity index (χ0v) is 11.8. The van der Waals surface area contributed by atoms with E-state index >= 15 is 0 Å². The number of halogens is 1. The molecule has 1 N–H and O–H groups in total. The van der Waals surface area contributed by atoms with Crippen LogP contribution < -0.4 is 5.32 Å². The van der Waals surface area contributed by atoms with Crippen LogP contribution in [0.25, 0.3) is 0 Å². The fourth-order valence-corrected chi connectivity index (χ4v) is 3.66. The molecule has 0 saturated heterocycles. The zero-order valence-electron chi connectivity index (χ0n) is 10.2. The van der Waals surface area contributed by atoms with Gasteiger partial charge in [0.1, 0.15) is 5.76 Å². The van der Waals surface area contributed by atoms with Crippen molar-refractivity contribution >= 4 is 15.9 Å². The summed E-state index contributed by atoms with van der Waals surface area (Å²) in [6, 6.07) is 4.75. The standard InChI is InChI=1S/C13H20BrNO/c1-4-13(5-2)9(8-11(13)15-3)10-6-7-12(14)16-10/h6-7,9,11,15H,4-5,8H2,1-3H3. The highest BCUT2D eigenvalue weighted by atomic mass is 79.9. The van der Waals surface area contributed by atoms with Crippen LogP contribution in [0.3, 0.4) is 0 Å². The van der Waals surface area contributed by atoms with Crippen molar-refractivity contribution in [1.29, 1.82) is 0 Å². The van der Waals surface area contributed by atoms with Gasteiger partial charge in [-0.3, -0.25) is 0 Å². The van der Waals surface area contributed by atoms with Gasteiger partial charge in [0.25, 0.3) is 0 Å². The van der Waals surface area contributed by atoms with Gasteiger partial charge in [-0.25, -0.2) is 0 Å². The number of hydrogen-bond acceptors (Lipinski definition) is 2. The van der Waals surface area contributed by atoms with E-state index in [4.69, 9.17) is 4.42 Å². The van der Waals surface area contributed by atoms with E-state index in [9.17, 15) is 0 Å². The molecule has 1 heterocycles. The maximum atomic E-state index is 5.73. The lowest BCUT2D eigenvalue weighted by atomic mass is 9.53. The minimum atomic E-state index is 0.381. The van der Waals surface area contributed by atoms with Crippen molar-refractivity contribution < 1.29 is 4.42 Å². The number of hydrogen-bond donors (Lipinski definition) is 1. The Kier molecular flexibility index (Phi) is 3.45. The van der Waals surface area contributed by atoms with Crippen LogP contribution in [-0.2, 0) is 0 Å². The van der Waals surface area contributed by atoms with Crippen molar-refractivity contribution in [3.63, 3.8) is 0 Å². The molecule has 2 atom stereocenters. The maximum Gasteiger partial charge on any atom is 0.169 e. The van der Waals surface area contributed by atoms with Gasteiger partial charge >= 0.3 is 0 Å². The quantitative estimate of drug-likeness (QED) is 0.907. The first-order chi connectivity index (χ1) is 7.67. The molecule has 16 heavy (non-hydrogen) atoms. The lowest BCUT2D eigenvalue weighted by molar-refractivity contribution is 0.0129. The predicted molar refractivity (Wildman–Crippen MR) is 69.6 cm³/mol. The molecule has 3 heteroatoms. The van der Waals surface area contributed by atoms with Crippen LogP contribution in [0.1, 0.15) is 44.8 Å². The van der Waals surface area contributed by atoms with E-state index in [0.29, 0.717) is 17.4 Å². The van der Waals surface area contributed by atoms with Gasteiger partial charge in [-0.15, -0.1) is 0 Å². The summed E-state index contributed by atoms with van der Waals surface area (Å²) in [5, 5.41) is 3.45. The van der Waals surface area contributed by atoms with Crippen LogP contribution in [-0.4, -0.2) is 13.1 Å². The van der Waals surface area contributed by atoms with Crippen molar-refractivity contribution in [2.75, 3.05) is 7.05 Å². The molecule has 1 fully saturated rings. The van der Waals surface area contributed by atoms with E-state index in [-0.39, 0.29) is 0 Å². The Hall–Kier alpha value is -0.280. The summed E-state index contributed by atoms with van der Waals surface area (Å²) >= 11 is 3.39. The minimum absolute atomic E-state index is 0.381. The Morgan fingerprint density at radius 1 is 1.44 bits per heavy atom. The second-order valence-electron chi connectivity index (χ2n) is 4.71. The smallest absolute Gasteiger partial charge is 0.169 e. The summed E-state index contributed by atoms with van der Waals surface area (Å²) in [5.74, 6) is 1.72. The molecule has 0 aliphatic heterocycles. The largest absolute Gasteiger partial charge is 0.454 e.